The Bertz CT molecular complexity index is 392. The molecule has 2 aliphatic heterocycles. The molecule has 0 aromatic heterocycles. The molecule has 15 heavy (non-hydrogen) atoms. The van der Waals surface area contributed by atoms with E-state index in [-0.39, 0.29) is 6.10 Å². The molecule has 0 saturated carbocycles. The standard InChI is InChI=1S/C11H13NO3/c12-5-9-10-7(3-4-13-9)1-2-8-11(10)15-6-14-8/h1-2,9H,3-6,12H2/p+1. The van der Waals surface area contributed by atoms with Crippen molar-refractivity contribution in [3.8, 4) is 11.5 Å². The van der Waals surface area contributed by atoms with E-state index in [0.29, 0.717) is 6.79 Å². The fourth-order valence-corrected chi connectivity index (χ4v) is 2.23. The Hall–Kier alpha value is -1.26. The van der Waals surface area contributed by atoms with Crippen LogP contribution in [-0.2, 0) is 11.2 Å². The number of hydrogen-bond donors (Lipinski definition) is 1. The predicted molar refractivity (Wildman–Crippen MR) is 52.7 cm³/mol. The molecule has 1 aromatic carbocycles. The smallest absolute Gasteiger partial charge is 0.231 e. The summed E-state index contributed by atoms with van der Waals surface area (Å²) in [5.74, 6) is 1.69. The molecule has 0 fully saturated rings. The van der Waals surface area contributed by atoms with E-state index in [1.54, 1.807) is 0 Å². The van der Waals surface area contributed by atoms with Crippen LogP contribution in [0.5, 0.6) is 11.5 Å². The summed E-state index contributed by atoms with van der Waals surface area (Å²) in [6.45, 7) is 1.81. The van der Waals surface area contributed by atoms with Crippen LogP contribution in [0.25, 0.3) is 0 Å². The van der Waals surface area contributed by atoms with E-state index in [0.717, 1.165) is 36.6 Å². The molecule has 1 atom stereocenters. The largest absolute Gasteiger partial charge is 0.454 e. The molecule has 0 spiro atoms. The van der Waals surface area contributed by atoms with Gasteiger partial charge in [0.05, 0.1) is 6.61 Å². The number of benzene rings is 1. The van der Waals surface area contributed by atoms with Crippen molar-refractivity contribution in [1.82, 2.24) is 0 Å². The molecule has 0 aliphatic carbocycles. The first-order valence-corrected chi connectivity index (χ1v) is 5.22. The van der Waals surface area contributed by atoms with Crippen LogP contribution in [0.4, 0.5) is 0 Å². The second-order valence-corrected chi connectivity index (χ2v) is 3.77. The van der Waals surface area contributed by atoms with Crippen LogP contribution in [0.2, 0.25) is 0 Å². The van der Waals surface area contributed by atoms with Crippen molar-refractivity contribution >= 4 is 0 Å². The molecule has 1 aromatic rings. The summed E-state index contributed by atoms with van der Waals surface area (Å²) in [5, 5.41) is 0. The highest BCUT2D eigenvalue weighted by atomic mass is 16.7. The zero-order valence-corrected chi connectivity index (χ0v) is 8.49. The summed E-state index contributed by atoms with van der Waals surface area (Å²) in [7, 11) is 0. The fraction of sp³-hybridized carbons (Fsp3) is 0.455. The van der Waals surface area contributed by atoms with Crippen LogP contribution in [0, 0.1) is 0 Å². The van der Waals surface area contributed by atoms with Gasteiger partial charge in [-0.15, -0.1) is 0 Å². The molecule has 80 valence electrons. The Morgan fingerprint density at radius 1 is 1.33 bits per heavy atom. The molecule has 4 heteroatoms. The van der Waals surface area contributed by atoms with Crippen LogP contribution in [0.15, 0.2) is 12.1 Å². The Morgan fingerprint density at radius 2 is 2.27 bits per heavy atom. The number of quaternary nitrogens is 1. The second kappa shape index (κ2) is 3.40. The maximum Gasteiger partial charge on any atom is 0.231 e. The highest BCUT2D eigenvalue weighted by Gasteiger charge is 2.29. The van der Waals surface area contributed by atoms with E-state index in [4.69, 9.17) is 14.2 Å². The van der Waals surface area contributed by atoms with Crippen molar-refractivity contribution < 1.29 is 19.9 Å². The van der Waals surface area contributed by atoms with E-state index >= 15 is 0 Å². The van der Waals surface area contributed by atoms with Crippen LogP contribution >= 0.6 is 0 Å². The van der Waals surface area contributed by atoms with Gasteiger partial charge in [0.2, 0.25) is 6.79 Å². The summed E-state index contributed by atoms with van der Waals surface area (Å²) in [5.41, 5.74) is 6.36. The summed E-state index contributed by atoms with van der Waals surface area (Å²) < 4.78 is 16.5. The van der Waals surface area contributed by atoms with Gasteiger partial charge in [0.15, 0.2) is 11.5 Å². The summed E-state index contributed by atoms with van der Waals surface area (Å²) in [6, 6.07) is 4.08. The highest BCUT2D eigenvalue weighted by molar-refractivity contribution is 5.53. The zero-order valence-electron chi connectivity index (χ0n) is 8.49. The Balaban J connectivity index is 2.14. The Morgan fingerprint density at radius 3 is 3.13 bits per heavy atom. The Labute approximate surface area is 87.9 Å². The zero-order chi connectivity index (χ0) is 10.3. The minimum atomic E-state index is 0.0606. The lowest BCUT2D eigenvalue weighted by molar-refractivity contribution is -0.388. The van der Waals surface area contributed by atoms with E-state index in [9.17, 15) is 0 Å². The maximum absolute atomic E-state index is 5.68. The van der Waals surface area contributed by atoms with Crippen molar-refractivity contribution in [1.29, 1.82) is 0 Å². The minimum Gasteiger partial charge on any atom is -0.454 e. The van der Waals surface area contributed by atoms with Gasteiger partial charge in [0.25, 0.3) is 0 Å². The van der Waals surface area contributed by atoms with Crippen molar-refractivity contribution in [3.05, 3.63) is 23.3 Å². The minimum absolute atomic E-state index is 0.0606. The molecule has 0 saturated heterocycles. The third kappa shape index (κ3) is 1.29. The van der Waals surface area contributed by atoms with Gasteiger partial charge in [-0.1, -0.05) is 6.07 Å². The van der Waals surface area contributed by atoms with E-state index in [2.05, 4.69) is 11.8 Å². The van der Waals surface area contributed by atoms with E-state index in [1.807, 2.05) is 6.07 Å². The molecule has 0 radical (unpaired) electrons. The monoisotopic (exact) mass is 208 g/mol. The van der Waals surface area contributed by atoms with Crippen molar-refractivity contribution in [2.45, 2.75) is 12.5 Å². The lowest BCUT2D eigenvalue weighted by Crippen LogP contribution is -2.54. The number of ether oxygens (including phenoxy) is 3. The average Bonchev–Trinajstić information content (AvgIpc) is 2.76. The molecule has 0 bridgehead atoms. The van der Waals surface area contributed by atoms with E-state index in [1.165, 1.54) is 5.56 Å². The van der Waals surface area contributed by atoms with Gasteiger partial charge >= 0.3 is 0 Å². The maximum atomic E-state index is 5.68. The molecule has 2 heterocycles. The first kappa shape index (κ1) is 9.00. The van der Waals surface area contributed by atoms with Gasteiger partial charge in [-0.05, 0) is 18.1 Å². The summed E-state index contributed by atoms with van der Waals surface area (Å²) in [4.78, 5) is 0. The average molecular weight is 208 g/mol. The van der Waals surface area contributed by atoms with Gasteiger partial charge in [0.1, 0.15) is 12.6 Å². The molecule has 0 amide bonds. The Kier molecular flexibility index (Phi) is 2.04. The summed E-state index contributed by atoms with van der Waals surface area (Å²) >= 11 is 0. The molecule has 4 nitrogen and oxygen atoms in total. The van der Waals surface area contributed by atoms with Crippen LogP contribution < -0.4 is 15.2 Å². The third-order valence-corrected chi connectivity index (χ3v) is 2.94. The third-order valence-electron chi connectivity index (χ3n) is 2.94. The second-order valence-electron chi connectivity index (χ2n) is 3.77. The van der Waals surface area contributed by atoms with E-state index < -0.39 is 0 Å². The lowest BCUT2D eigenvalue weighted by Gasteiger charge is -2.24. The number of fused-ring (bicyclic) bond motifs is 3. The van der Waals surface area contributed by atoms with Gasteiger partial charge in [-0.2, -0.15) is 0 Å². The van der Waals surface area contributed by atoms with Gasteiger partial charge in [-0.25, -0.2) is 0 Å². The molecule has 2 aliphatic rings. The topological polar surface area (TPSA) is 55.3 Å². The van der Waals surface area contributed by atoms with Crippen LogP contribution in [0.3, 0.4) is 0 Å². The highest BCUT2D eigenvalue weighted by Crippen LogP contribution is 2.43. The molecular formula is C11H14NO3+. The van der Waals surface area contributed by atoms with Gasteiger partial charge in [-0.3, -0.25) is 0 Å². The van der Waals surface area contributed by atoms with Crippen LogP contribution in [-0.4, -0.2) is 19.9 Å². The molecule has 3 N–H and O–H groups in total. The lowest BCUT2D eigenvalue weighted by atomic mass is 9.96. The van der Waals surface area contributed by atoms with Crippen LogP contribution in [0.1, 0.15) is 17.2 Å². The molecular weight excluding hydrogens is 194 g/mol. The SMILES string of the molecule is [NH3+]CC1OCCc2ccc3c(c21)OCO3. The predicted octanol–water partition coefficient (Wildman–Crippen LogP) is 0.271. The molecule has 3 rings (SSSR count). The normalized spacial score (nSPS) is 22.6. The number of rotatable bonds is 1. The first-order valence-electron chi connectivity index (χ1n) is 5.22. The fourth-order valence-electron chi connectivity index (χ4n) is 2.23. The van der Waals surface area contributed by atoms with Gasteiger partial charge in [0, 0.05) is 5.56 Å². The van der Waals surface area contributed by atoms with Crippen molar-refractivity contribution in [2.75, 3.05) is 19.9 Å². The van der Waals surface area contributed by atoms with Gasteiger partial charge < -0.3 is 19.9 Å². The quantitative estimate of drug-likeness (QED) is 0.720. The summed E-state index contributed by atoms with van der Waals surface area (Å²) in [6.07, 6.45) is 1.01. The number of hydrogen-bond acceptors (Lipinski definition) is 3. The van der Waals surface area contributed by atoms with Crippen molar-refractivity contribution in [2.24, 2.45) is 0 Å². The van der Waals surface area contributed by atoms with Crippen molar-refractivity contribution in [3.63, 3.8) is 0 Å². The molecule has 1 unspecified atom stereocenters. The first-order chi connectivity index (χ1) is 7.40.